The molecule has 15 heavy (non-hydrogen) atoms. The summed E-state index contributed by atoms with van der Waals surface area (Å²) < 4.78 is 5.29. The second-order valence-corrected chi connectivity index (χ2v) is 5.02. The molecule has 0 aromatic rings. The zero-order valence-corrected chi connectivity index (χ0v) is 10.1. The minimum absolute atomic E-state index is 0.684. The molecule has 0 aromatic heterocycles. The Kier molecular flexibility index (Phi) is 4.00. The lowest BCUT2D eigenvalue weighted by atomic mass is 10.2. The average Bonchev–Trinajstić information content (AvgIpc) is 2.80. The predicted octanol–water partition coefficient (Wildman–Crippen LogP) is 1.19. The van der Waals surface area contributed by atoms with Crippen LogP contribution in [0, 0.1) is 0 Å². The normalized spacial score (nSPS) is 34.0. The Morgan fingerprint density at radius 2 is 1.87 bits per heavy atom. The first kappa shape index (κ1) is 11.4. The van der Waals surface area contributed by atoms with Crippen molar-refractivity contribution < 1.29 is 4.74 Å². The quantitative estimate of drug-likeness (QED) is 0.696. The van der Waals surface area contributed by atoms with Crippen molar-refractivity contribution in [2.75, 3.05) is 40.4 Å². The maximum Gasteiger partial charge on any atom is 0.0618 e. The van der Waals surface area contributed by atoms with Gasteiger partial charge in [0.25, 0.3) is 0 Å². The SMILES string of the molecule is COCC1CCCN1CC1CCCN1C. The summed E-state index contributed by atoms with van der Waals surface area (Å²) in [5.41, 5.74) is 0. The van der Waals surface area contributed by atoms with Gasteiger partial charge in [-0.3, -0.25) is 4.90 Å². The fourth-order valence-corrected chi connectivity index (χ4v) is 3.00. The number of likely N-dealkylation sites (tertiary alicyclic amines) is 2. The molecular formula is C12H24N2O. The second kappa shape index (κ2) is 5.28. The van der Waals surface area contributed by atoms with E-state index in [9.17, 15) is 0 Å². The van der Waals surface area contributed by atoms with Crippen LogP contribution in [-0.4, -0.2) is 62.3 Å². The van der Waals surface area contributed by atoms with Gasteiger partial charge in [0.1, 0.15) is 0 Å². The molecule has 0 aliphatic carbocycles. The molecule has 2 unspecified atom stereocenters. The van der Waals surface area contributed by atoms with Crippen LogP contribution in [0.2, 0.25) is 0 Å². The van der Waals surface area contributed by atoms with Crippen LogP contribution in [0.15, 0.2) is 0 Å². The van der Waals surface area contributed by atoms with Gasteiger partial charge in [-0.15, -0.1) is 0 Å². The van der Waals surface area contributed by atoms with Gasteiger partial charge < -0.3 is 9.64 Å². The molecule has 2 rings (SSSR count). The molecule has 0 amide bonds. The van der Waals surface area contributed by atoms with Gasteiger partial charge in [-0.2, -0.15) is 0 Å². The van der Waals surface area contributed by atoms with E-state index < -0.39 is 0 Å². The van der Waals surface area contributed by atoms with Gasteiger partial charge in [0, 0.05) is 25.7 Å². The van der Waals surface area contributed by atoms with E-state index in [4.69, 9.17) is 4.74 Å². The molecule has 3 nitrogen and oxygen atoms in total. The van der Waals surface area contributed by atoms with Crippen LogP contribution in [0.4, 0.5) is 0 Å². The molecule has 2 fully saturated rings. The number of nitrogens with zero attached hydrogens (tertiary/aromatic N) is 2. The molecular weight excluding hydrogens is 188 g/mol. The highest BCUT2D eigenvalue weighted by molar-refractivity contribution is 4.85. The Morgan fingerprint density at radius 3 is 2.53 bits per heavy atom. The highest BCUT2D eigenvalue weighted by Gasteiger charge is 2.29. The van der Waals surface area contributed by atoms with Gasteiger partial charge in [0.15, 0.2) is 0 Å². The van der Waals surface area contributed by atoms with Crippen molar-refractivity contribution >= 4 is 0 Å². The summed E-state index contributed by atoms with van der Waals surface area (Å²) in [6.45, 7) is 4.73. The Morgan fingerprint density at radius 1 is 1.13 bits per heavy atom. The van der Waals surface area contributed by atoms with E-state index in [1.54, 1.807) is 0 Å². The lowest BCUT2D eigenvalue weighted by Gasteiger charge is -2.29. The Labute approximate surface area is 93.4 Å². The van der Waals surface area contributed by atoms with E-state index in [1.165, 1.54) is 45.3 Å². The highest BCUT2D eigenvalue weighted by atomic mass is 16.5. The van der Waals surface area contributed by atoms with E-state index in [1.807, 2.05) is 7.11 Å². The molecule has 2 aliphatic heterocycles. The lowest BCUT2D eigenvalue weighted by molar-refractivity contribution is 0.0998. The molecule has 2 saturated heterocycles. The van der Waals surface area contributed by atoms with Crippen LogP contribution in [0.3, 0.4) is 0 Å². The third-order valence-corrected chi connectivity index (χ3v) is 3.97. The summed E-state index contributed by atoms with van der Waals surface area (Å²) in [4.78, 5) is 5.15. The largest absolute Gasteiger partial charge is 0.383 e. The first-order valence-corrected chi connectivity index (χ1v) is 6.24. The molecule has 0 radical (unpaired) electrons. The first-order valence-electron chi connectivity index (χ1n) is 6.24. The van der Waals surface area contributed by atoms with Crippen molar-refractivity contribution in [3.05, 3.63) is 0 Å². The van der Waals surface area contributed by atoms with Gasteiger partial charge in [0.05, 0.1) is 6.61 Å². The summed E-state index contributed by atoms with van der Waals surface area (Å²) in [6, 6.07) is 1.48. The molecule has 3 heteroatoms. The molecule has 0 bridgehead atoms. The number of likely N-dealkylation sites (N-methyl/N-ethyl adjacent to an activating group) is 1. The van der Waals surface area contributed by atoms with Gasteiger partial charge in [0.2, 0.25) is 0 Å². The molecule has 0 aromatic carbocycles. The zero-order chi connectivity index (χ0) is 10.7. The second-order valence-electron chi connectivity index (χ2n) is 5.02. The monoisotopic (exact) mass is 212 g/mol. The third-order valence-electron chi connectivity index (χ3n) is 3.97. The van der Waals surface area contributed by atoms with E-state index in [0.29, 0.717) is 6.04 Å². The van der Waals surface area contributed by atoms with Gasteiger partial charge in [-0.25, -0.2) is 0 Å². The highest BCUT2D eigenvalue weighted by Crippen LogP contribution is 2.22. The predicted molar refractivity (Wildman–Crippen MR) is 62.1 cm³/mol. The fraction of sp³-hybridized carbons (Fsp3) is 1.00. The minimum atomic E-state index is 0.684. The van der Waals surface area contributed by atoms with Crippen LogP contribution >= 0.6 is 0 Å². The third kappa shape index (κ3) is 2.71. The number of hydrogen-bond donors (Lipinski definition) is 0. The topological polar surface area (TPSA) is 15.7 Å². The van der Waals surface area contributed by atoms with Gasteiger partial charge >= 0.3 is 0 Å². The zero-order valence-electron chi connectivity index (χ0n) is 10.1. The van der Waals surface area contributed by atoms with Gasteiger partial charge in [-0.1, -0.05) is 0 Å². The van der Waals surface area contributed by atoms with Crippen LogP contribution in [-0.2, 0) is 4.74 Å². The number of ether oxygens (including phenoxy) is 1. The van der Waals surface area contributed by atoms with Crippen LogP contribution < -0.4 is 0 Å². The van der Waals surface area contributed by atoms with Crippen LogP contribution in [0.5, 0.6) is 0 Å². The summed E-state index contributed by atoms with van der Waals surface area (Å²) in [5, 5.41) is 0. The number of methoxy groups -OCH3 is 1. The van der Waals surface area contributed by atoms with Crippen molar-refractivity contribution in [3.63, 3.8) is 0 Å². The maximum absolute atomic E-state index is 5.29. The average molecular weight is 212 g/mol. The summed E-state index contributed by atoms with van der Waals surface area (Å²) in [5.74, 6) is 0. The maximum atomic E-state index is 5.29. The smallest absolute Gasteiger partial charge is 0.0618 e. The summed E-state index contributed by atoms with van der Waals surface area (Å²) in [6.07, 6.45) is 5.44. The Bertz CT molecular complexity index is 198. The molecule has 88 valence electrons. The minimum Gasteiger partial charge on any atom is -0.383 e. The van der Waals surface area contributed by atoms with E-state index in [2.05, 4.69) is 16.8 Å². The summed E-state index contributed by atoms with van der Waals surface area (Å²) >= 11 is 0. The number of hydrogen-bond acceptors (Lipinski definition) is 3. The number of rotatable bonds is 4. The molecule has 2 aliphatic rings. The fourth-order valence-electron chi connectivity index (χ4n) is 3.00. The Hall–Kier alpha value is -0.120. The molecule has 0 N–H and O–H groups in total. The summed E-state index contributed by atoms with van der Waals surface area (Å²) in [7, 11) is 4.08. The van der Waals surface area contributed by atoms with E-state index in [-0.39, 0.29) is 0 Å². The van der Waals surface area contributed by atoms with Crippen molar-refractivity contribution in [3.8, 4) is 0 Å². The van der Waals surface area contributed by atoms with E-state index >= 15 is 0 Å². The molecule has 2 atom stereocenters. The van der Waals surface area contributed by atoms with Crippen molar-refractivity contribution in [1.29, 1.82) is 0 Å². The van der Waals surface area contributed by atoms with Crippen LogP contribution in [0.25, 0.3) is 0 Å². The van der Waals surface area contributed by atoms with E-state index in [0.717, 1.165) is 12.6 Å². The van der Waals surface area contributed by atoms with Gasteiger partial charge in [-0.05, 0) is 45.8 Å². The standard InChI is InChI=1S/C12H24N2O/c1-13-7-3-5-11(13)9-14-8-4-6-12(14)10-15-2/h11-12H,3-10H2,1-2H3. The van der Waals surface area contributed by atoms with Crippen molar-refractivity contribution in [1.82, 2.24) is 9.80 Å². The van der Waals surface area contributed by atoms with Crippen LogP contribution in [0.1, 0.15) is 25.7 Å². The Balaban J connectivity index is 1.82. The first-order chi connectivity index (χ1) is 7.31. The van der Waals surface area contributed by atoms with Crippen molar-refractivity contribution in [2.24, 2.45) is 0 Å². The molecule has 0 spiro atoms. The molecule has 2 heterocycles. The van der Waals surface area contributed by atoms with Crippen molar-refractivity contribution in [2.45, 2.75) is 37.8 Å². The lowest BCUT2D eigenvalue weighted by Crippen LogP contribution is -2.42. The molecule has 0 saturated carbocycles.